The Morgan fingerprint density at radius 3 is 2.62 bits per heavy atom. The number of nitrogens with one attached hydrogen (secondary N) is 1. The Hall–Kier alpha value is -1.42. The van der Waals surface area contributed by atoms with Crippen LogP contribution in [0.2, 0.25) is 0 Å². The van der Waals surface area contributed by atoms with Crippen molar-refractivity contribution in [3.8, 4) is 5.75 Å². The predicted molar refractivity (Wildman–Crippen MR) is 106 cm³/mol. The third-order valence-electron chi connectivity index (χ3n) is 4.37. The summed E-state index contributed by atoms with van der Waals surface area (Å²) in [4.78, 5) is 12.0. The summed E-state index contributed by atoms with van der Waals surface area (Å²) in [5.74, 6) is -1.54. The van der Waals surface area contributed by atoms with Gasteiger partial charge in [0.05, 0.1) is 19.8 Å². The van der Waals surface area contributed by atoms with Gasteiger partial charge in [-0.05, 0) is 45.9 Å². The maximum Gasteiger partial charge on any atom is 0.342 e. The molecule has 1 aliphatic rings. The van der Waals surface area contributed by atoms with E-state index in [0.29, 0.717) is 31.8 Å². The molecule has 0 bridgehead atoms. The molecule has 29 heavy (non-hydrogen) atoms. The zero-order valence-corrected chi connectivity index (χ0v) is 18.0. The first kappa shape index (κ1) is 23.9. The summed E-state index contributed by atoms with van der Waals surface area (Å²) in [6.07, 6.45) is -0.953. The summed E-state index contributed by atoms with van der Waals surface area (Å²) >= 11 is -1.75. The molecular weight excluding hydrogens is 404 g/mol. The molecule has 1 aromatic carbocycles. The maximum absolute atomic E-state index is 15.0. The Bertz CT molecular complexity index is 679. The normalized spacial score (nSPS) is 18.7. The third kappa shape index (κ3) is 6.80. The molecule has 164 valence electrons. The van der Waals surface area contributed by atoms with Gasteiger partial charge in [0.25, 0.3) is 0 Å². The summed E-state index contributed by atoms with van der Waals surface area (Å²) in [6.45, 7) is 7.72. The molecule has 3 atom stereocenters. The van der Waals surface area contributed by atoms with E-state index < -0.39 is 40.1 Å². The number of rotatable bonds is 8. The van der Waals surface area contributed by atoms with Crippen molar-refractivity contribution in [1.82, 2.24) is 4.72 Å². The molecule has 6 nitrogen and oxygen atoms in total. The number of alkyl halides is 1. The fraction of sp³-hybridized carbons (Fsp3) is 0.650. The van der Waals surface area contributed by atoms with Crippen LogP contribution < -0.4 is 9.46 Å². The first-order valence-electron chi connectivity index (χ1n) is 9.66. The number of halogens is 2. The van der Waals surface area contributed by atoms with Crippen LogP contribution in [-0.4, -0.2) is 47.4 Å². The SMILES string of the molecule is CCOC(=O)C(F)C(N[S@+]([O-])C(C)(C)C)c1cc(OC2CCOCC2)ccc1F. The number of hydrogen-bond acceptors (Lipinski definition) is 6. The maximum atomic E-state index is 15.0. The van der Waals surface area contributed by atoms with Gasteiger partial charge in [-0.25, -0.2) is 13.6 Å². The van der Waals surface area contributed by atoms with E-state index in [1.807, 2.05) is 0 Å². The van der Waals surface area contributed by atoms with Crippen molar-refractivity contribution < 1.29 is 32.3 Å². The van der Waals surface area contributed by atoms with Crippen molar-refractivity contribution in [3.05, 3.63) is 29.6 Å². The molecule has 0 amide bonds. The summed E-state index contributed by atoms with van der Waals surface area (Å²) in [5.41, 5.74) is -0.146. The van der Waals surface area contributed by atoms with Gasteiger partial charge in [0.1, 0.15) is 28.5 Å². The zero-order valence-electron chi connectivity index (χ0n) is 17.2. The molecule has 0 aliphatic carbocycles. The van der Waals surface area contributed by atoms with Gasteiger partial charge >= 0.3 is 5.97 Å². The molecule has 1 heterocycles. The van der Waals surface area contributed by atoms with Gasteiger partial charge in [0.2, 0.25) is 6.17 Å². The minimum atomic E-state index is -2.24. The Kier molecular flexibility index (Phi) is 8.69. The van der Waals surface area contributed by atoms with Gasteiger partial charge in [0.15, 0.2) is 0 Å². The van der Waals surface area contributed by atoms with Crippen molar-refractivity contribution in [2.45, 2.75) is 63.6 Å². The first-order valence-corrected chi connectivity index (χ1v) is 10.8. The summed E-state index contributed by atoms with van der Waals surface area (Å²) in [5, 5.41) is 0. The Morgan fingerprint density at radius 2 is 2.03 bits per heavy atom. The lowest BCUT2D eigenvalue weighted by Crippen LogP contribution is -2.46. The second-order valence-corrected chi connectivity index (χ2v) is 9.74. The van der Waals surface area contributed by atoms with Crippen molar-refractivity contribution in [2.75, 3.05) is 19.8 Å². The highest BCUT2D eigenvalue weighted by Crippen LogP contribution is 2.30. The smallest absolute Gasteiger partial charge is 0.342 e. The number of carbonyl (C=O) groups excluding carboxylic acids is 1. The summed E-state index contributed by atoms with van der Waals surface area (Å²) < 4.78 is 59.9. The quantitative estimate of drug-likeness (QED) is 0.500. The molecule has 9 heteroatoms. The van der Waals surface area contributed by atoms with Crippen LogP contribution in [0, 0.1) is 5.82 Å². The monoisotopic (exact) mass is 433 g/mol. The second-order valence-electron chi connectivity index (χ2n) is 7.74. The lowest BCUT2D eigenvalue weighted by atomic mass is 10.0. The van der Waals surface area contributed by atoms with Gasteiger partial charge in [-0.3, -0.25) is 0 Å². The fourth-order valence-electron chi connectivity index (χ4n) is 2.75. The van der Waals surface area contributed by atoms with E-state index in [-0.39, 0.29) is 18.3 Å². The van der Waals surface area contributed by atoms with Crippen LogP contribution in [0.4, 0.5) is 8.78 Å². The molecular formula is C20H29F2NO5S. The topological polar surface area (TPSA) is 79.9 Å². The standard InChI is InChI=1S/C20H29F2NO5S/c1-5-27-19(24)17(22)18(23-29(25)20(2,3)4)15-12-14(6-7-16(15)21)28-13-8-10-26-11-9-13/h6-7,12-13,17-18,23H,5,8-11H2,1-4H3/t17?,18?,29-/m1/s1. The summed E-state index contributed by atoms with van der Waals surface area (Å²) in [7, 11) is 0. The lowest BCUT2D eigenvalue weighted by Gasteiger charge is -2.29. The van der Waals surface area contributed by atoms with Crippen LogP contribution in [0.25, 0.3) is 0 Å². The number of ether oxygens (including phenoxy) is 3. The molecule has 1 aromatic rings. The van der Waals surface area contributed by atoms with E-state index in [9.17, 15) is 18.1 Å². The lowest BCUT2D eigenvalue weighted by molar-refractivity contribution is -0.150. The molecule has 2 rings (SSSR count). The van der Waals surface area contributed by atoms with E-state index in [2.05, 4.69) is 4.72 Å². The van der Waals surface area contributed by atoms with Gasteiger partial charge < -0.3 is 18.8 Å². The molecule has 0 saturated carbocycles. The van der Waals surface area contributed by atoms with E-state index in [4.69, 9.17) is 14.2 Å². The van der Waals surface area contributed by atoms with Crippen LogP contribution in [0.5, 0.6) is 5.75 Å². The summed E-state index contributed by atoms with van der Waals surface area (Å²) in [6, 6.07) is 2.45. The van der Waals surface area contributed by atoms with Crippen molar-refractivity contribution in [2.24, 2.45) is 0 Å². The van der Waals surface area contributed by atoms with Crippen LogP contribution >= 0.6 is 0 Å². The number of benzene rings is 1. The Morgan fingerprint density at radius 1 is 1.38 bits per heavy atom. The van der Waals surface area contributed by atoms with Crippen molar-refractivity contribution in [1.29, 1.82) is 0 Å². The largest absolute Gasteiger partial charge is 0.598 e. The van der Waals surface area contributed by atoms with Crippen molar-refractivity contribution in [3.63, 3.8) is 0 Å². The molecule has 1 N–H and O–H groups in total. The molecule has 0 aromatic heterocycles. The third-order valence-corrected chi connectivity index (χ3v) is 5.95. The number of esters is 1. The van der Waals surface area contributed by atoms with Gasteiger partial charge in [0, 0.05) is 29.8 Å². The van der Waals surface area contributed by atoms with Crippen LogP contribution in [0.15, 0.2) is 18.2 Å². The van der Waals surface area contributed by atoms with E-state index in [1.165, 1.54) is 12.1 Å². The van der Waals surface area contributed by atoms with E-state index >= 15 is 0 Å². The second kappa shape index (κ2) is 10.6. The zero-order chi connectivity index (χ0) is 21.6. The minimum absolute atomic E-state index is 0.0241. The fourth-order valence-corrected chi connectivity index (χ4v) is 3.58. The molecule has 1 aliphatic heterocycles. The number of hydrogen-bond donors (Lipinski definition) is 1. The molecule has 1 fully saturated rings. The van der Waals surface area contributed by atoms with E-state index in [1.54, 1.807) is 27.7 Å². The van der Waals surface area contributed by atoms with Crippen LogP contribution in [0.1, 0.15) is 52.1 Å². The average Bonchev–Trinajstić information content (AvgIpc) is 2.67. The molecule has 0 spiro atoms. The van der Waals surface area contributed by atoms with Gasteiger partial charge in [-0.1, -0.05) is 0 Å². The van der Waals surface area contributed by atoms with Gasteiger partial charge in [-0.2, -0.15) is 0 Å². The first-order chi connectivity index (χ1) is 13.6. The molecule has 2 unspecified atom stereocenters. The van der Waals surface area contributed by atoms with Crippen LogP contribution in [0.3, 0.4) is 0 Å². The minimum Gasteiger partial charge on any atom is -0.598 e. The van der Waals surface area contributed by atoms with Crippen LogP contribution in [-0.2, 0) is 25.6 Å². The highest BCUT2D eigenvalue weighted by molar-refractivity contribution is 7.90. The predicted octanol–water partition coefficient (Wildman–Crippen LogP) is 3.38. The highest BCUT2D eigenvalue weighted by atomic mass is 32.2. The molecule has 0 radical (unpaired) electrons. The Balaban J connectivity index is 2.31. The Labute approximate surface area is 173 Å². The van der Waals surface area contributed by atoms with Crippen molar-refractivity contribution >= 4 is 17.3 Å². The number of carbonyl (C=O) groups is 1. The molecule has 1 saturated heterocycles. The highest BCUT2D eigenvalue weighted by Gasteiger charge is 2.39. The average molecular weight is 434 g/mol. The van der Waals surface area contributed by atoms with Gasteiger partial charge in [-0.15, -0.1) is 4.72 Å². The van der Waals surface area contributed by atoms with E-state index in [0.717, 1.165) is 6.07 Å².